The molecule has 0 unspecified atom stereocenters. The number of amides is 1. The van der Waals surface area contributed by atoms with Gasteiger partial charge < -0.3 is 5.73 Å². The van der Waals surface area contributed by atoms with Crippen LogP contribution in [-0.2, 0) is 11.2 Å². The number of aromatic nitrogens is 2. The third-order valence-corrected chi connectivity index (χ3v) is 2.61. The third-order valence-electron chi connectivity index (χ3n) is 1.66. The van der Waals surface area contributed by atoms with Crippen molar-refractivity contribution in [2.24, 2.45) is 5.73 Å². The van der Waals surface area contributed by atoms with Gasteiger partial charge in [-0.05, 0) is 11.4 Å². The minimum atomic E-state index is -0.367. The Morgan fingerprint density at radius 3 is 3.15 bits per heavy atom. The van der Waals surface area contributed by atoms with E-state index in [4.69, 9.17) is 5.73 Å². The molecule has 0 bridgehead atoms. The van der Waals surface area contributed by atoms with Gasteiger partial charge in [0.05, 0.1) is 22.3 Å². The van der Waals surface area contributed by atoms with Crippen molar-refractivity contribution < 1.29 is 4.79 Å². The van der Waals surface area contributed by atoms with Gasteiger partial charge in [-0.1, -0.05) is 0 Å². The Hall–Kier alpha value is -1.49. The molecule has 2 N–H and O–H groups in total. The number of thiophene rings is 1. The molecule has 2 aromatic heterocycles. The number of carbonyl (C=O) groups excluding carboxylic acids is 1. The average Bonchev–Trinajstić information content (AvgIpc) is 2.51. The molecule has 0 fully saturated rings. The van der Waals surface area contributed by atoms with Crippen LogP contribution in [-0.4, -0.2) is 15.9 Å². The zero-order valence-electron chi connectivity index (χ0n) is 6.73. The lowest BCUT2D eigenvalue weighted by molar-refractivity contribution is -0.117. The molecule has 0 radical (unpaired) electrons. The van der Waals surface area contributed by atoms with Crippen molar-refractivity contribution in [1.29, 1.82) is 0 Å². The molecule has 0 spiro atoms. The topological polar surface area (TPSA) is 68.9 Å². The Balaban J connectivity index is 2.54. The number of fused-ring (bicyclic) bond motifs is 1. The first-order chi connectivity index (χ1) is 6.27. The lowest BCUT2D eigenvalue weighted by Gasteiger charge is -1.96. The lowest BCUT2D eigenvalue weighted by Crippen LogP contribution is -2.14. The van der Waals surface area contributed by atoms with Crippen molar-refractivity contribution in [3.05, 3.63) is 23.5 Å². The van der Waals surface area contributed by atoms with Crippen molar-refractivity contribution >= 4 is 27.5 Å². The molecule has 0 aromatic carbocycles. The first kappa shape index (κ1) is 8.12. The number of carbonyl (C=O) groups is 1. The van der Waals surface area contributed by atoms with Gasteiger partial charge in [-0.25, -0.2) is 9.97 Å². The highest BCUT2D eigenvalue weighted by Gasteiger charge is 2.06. The molecular formula is C8H7N3OS. The van der Waals surface area contributed by atoms with Gasteiger partial charge in [-0.3, -0.25) is 4.79 Å². The van der Waals surface area contributed by atoms with E-state index in [0.29, 0.717) is 5.69 Å². The first-order valence-corrected chi connectivity index (χ1v) is 4.61. The SMILES string of the molecule is NC(=O)Cc1ncnc2ccsc12. The number of nitrogens with zero attached hydrogens (tertiary/aromatic N) is 2. The molecule has 0 aliphatic heterocycles. The molecule has 5 heteroatoms. The highest BCUT2D eigenvalue weighted by atomic mass is 32.1. The second-order valence-corrected chi connectivity index (χ2v) is 3.51. The summed E-state index contributed by atoms with van der Waals surface area (Å²) in [5, 5.41) is 1.92. The summed E-state index contributed by atoms with van der Waals surface area (Å²) in [4.78, 5) is 18.8. The zero-order valence-corrected chi connectivity index (χ0v) is 7.54. The minimum absolute atomic E-state index is 0.180. The second-order valence-electron chi connectivity index (χ2n) is 2.60. The molecule has 0 aliphatic rings. The summed E-state index contributed by atoms with van der Waals surface area (Å²) in [5.41, 5.74) is 6.68. The van der Waals surface area contributed by atoms with E-state index in [0.717, 1.165) is 10.2 Å². The van der Waals surface area contributed by atoms with E-state index in [9.17, 15) is 4.79 Å². The van der Waals surface area contributed by atoms with E-state index >= 15 is 0 Å². The van der Waals surface area contributed by atoms with Crippen LogP contribution in [0.2, 0.25) is 0 Å². The number of hydrogen-bond acceptors (Lipinski definition) is 4. The normalized spacial score (nSPS) is 10.5. The van der Waals surface area contributed by atoms with Gasteiger partial charge in [0.1, 0.15) is 6.33 Å². The predicted molar refractivity (Wildman–Crippen MR) is 50.3 cm³/mol. The van der Waals surface area contributed by atoms with Crippen LogP contribution in [0.3, 0.4) is 0 Å². The molecule has 0 saturated heterocycles. The van der Waals surface area contributed by atoms with E-state index in [2.05, 4.69) is 9.97 Å². The first-order valence-electron chi connectivity index (χ1n) is 3.73. The molecule has 1 amide bonds. The fraction of sp³-hybridized carbons (Fsp3) is 0.125. The summed E-state index contributed by atoms with van der Waals surface area (Å²) >= 11 is 1.52. The summed E-state index contributed by atoms with van der Waals surface area (Å²) in [6.45, 7) is 0. The predicted octanol–water partition coefficient (Wildman–Crippen LogP) is 0.719. The summed E-state index contributed by atoms with van der Waals surface area (Å²) in [6, 6.07) is 1.90. The molecule has 0 saturated carbocycles. The highest BCUT2D eigenvalue weighted by molar-refractivity contribution is 7.17. The Morgan fingerprint density at radius 2 is 2.38 bits per heavy atom. The lowest BCUT2D eigenvalue weighted by atomic mass is 10.2. The van der Waals surface area contributed by atoms with Gasteiger partial charge in [0, 0.05) is 0 Å². The maximum atomic E-state index is 10.7. The smallest absolute Gasteiger partial charge is 0.223 e. The zero-order chi connectivity index (χ0) is 9.26. The molecule has 2 aromatic rings. The number of rotatable bonds is 2. The van der Waals surface area contributed by atoms with E-state index in [1.165, 1.54) is 17.7 Å². The fourth-order valence-corrected chi connectivity index (χ4v) is 1.97. The van der Waals surface area contributed by atoms with Crippen LogP contribution in [0.25, 0.3) is 10.2 Å². The maximum absolute atomic E-state index is 10.7. The van der Waals surface area contributed by atoms with Gasteiger partial charge in [-0.15, -0.1) is 11.3 Å². The van der Waals surface area contributed by atoms with Gasteiger partial charge >= 0.3 is 0 Å². The van der Waals surface area contributed by atoms with Gasteiger partial charge in [-0.2, -0.15) is 0 Å². The van der Waals surface area contributed by atoms with Gasteiger partial charge in [0.2, 0.25) is 5.91 Å². The number of hydrogen-bond donors (Lipinski definition) is 1. The summed E-state index contributed by atoms with van der Waals surface area (Å²) in [6.07, 6.45) is 1.63. The summed E-state index contributed by atoms with van der Waals surface area (Å²) in [7, 11) is 0. The Bertz CT molecular complexity index is 451. The van der Waals surface area contributed by atoms with E-state index in [1.54, 1.807) is 0 Å². The van der Waals surface area contributed by atoms with Crippen molar-refractivity contribution in [2.45, 2.75) is 6.42 Å². The minimum Gasteiger partial charge on any atom is -0.369 e. The molecule has 0 aliphatic carbocycles. The van der Waals surface area contributed by atoms with Crippen LogP contribution >= 0.6 is 11.3 Å². The molecule has 66 valence electrons. The van der Waals surface area contributed by atoms with Crippen LogP contribution < -0.4 is 5.73 Å². The molecule has 2 heterocycles. The molecule has 0 atom stereocenters. The van der Waals surface area contributed by atoms with E-state index in [-0.39, 0.29) is 12.3 Å². The van der Waals surface area contributed by atoms with Gasteiger partial charge in [0.25, 0.3) is 0 Å². The van der Waals surface area contributed by atoms with Crippen molar-refractivity contribution in [1.82, 2.24) is 9.97 Å². The monoisotopic (exact) mass is 193 g/mol. The maximum Gasteiger partial charge on any atom is 0.223 e. The largest absolute Gasteiger partial charge is 0.369 e. The Morgan fingerprint density at radius 1 is 1.54 bits per heavy atom. The summed E-state index contributed by atoms with van der Waals surface area (Å²) in [5.74, 6) is -0.367. The Labute approximate surface area is 78.4 Å². The fourth-order valence-electron chi connectivity index (χ4n) is 1.13. The quantitative estimate of drug-likeness (QED) is 0.764. The molecule has 13 heavy (non-hydrogen) atoms. The van der Waals surface area contributed by atoms with E-state index in [1.807, 2.05) is 11.4 Å². The van der Waals surface area contributed by atoms with Crippen LogP contribution in [0, 0.1) is 0 Å². The highest BCUT2D eigenvalue weighted by Crippen LogP contribution is 2.20. The molecule has 4 nitrogen and oxygen atoms in total. The van der Waals surface area contributed by atoms with Crippen molar-refractivity contribution in [2.75, 3.05) is 0 Å². The Kier molecular flexibility index (Phi) is 1.94. The third kappa shape index (κ3) is 1.50. The van der Waals surface area contributed by atoms with Crippen LogP contribution in [0.1, 0.15) is 5.69 Å². The van der Waals surface area contributed by atoms with E-state index < -0.39 is 0 Å². The van der Waals surface area contributed by atoms with Crippen molar-refractivity contribution in [3.8, 4) is 0 Å². The molecular weight excluding hydrogens is 186 g/mol. The van der Waals surface area contributed by atoms with Crippen LogP contribution in [0.5, 0.6) is 0 Å². The number of primary amides is 1. The van der Waals surface area contributed by atoms with Crippen LogP contribution in [0.4, 0.5) is 0 Å². The van der Waals surface area contributed by atoms with Crippen LogP contribution in [0.15, 0.2) is 17.8 Å². The molecule has 2 rings (SSSR count). The second kappa shape index (κ2) is 3.10. The average molecular weight is 193 g/mol. The standard InChI is InChI=1S/C8H7N3OS/c9-7(12)3-6-8-5(1-2-13-8)10-4-11-6/h1-2,4H,3H2,(H2,9,12). The summed E-state index contributed by atoms with van der Waals surface area (Å²) < 4.78 is 0.946. The van der Waals surface area contributed by atoms with Crippen molar-refractivity contribution in [3.63, 3.8) is 0 Å². The van der Waals surface area contributed by atoms with Gasteiger partial charge in [0.15, 0.2) is 0 Å². The number of nitrogens with two attached hydrogens (primary N) is 1.